The van der Waals surface area contributed by atoms with Gasteiger partial charge in [-0.1, -0.05) is 19.0 Å². The number of rotatable bonds is 5. The molecule has 0 aliphatic carbocycles. The minimum Gasteiger partial charge on any atom is -0.397 e. The van der Waals surface area contributed by atoms with Crippen LogP contribution in [0.25, 0.3) is 11.6 Å². The van der Waals surface area contributed by atoms with E-state index in [9.17, 15) is 0 Å². The lowest BCUT2D eigenvalue weighted by molar-refractivity contribution is -0.0306. The molecule has 0 saturated carbocycles. The predicted molar refractivity (Wildman–Crippen MR) is 71.2 cm³/mol. The zero-order valence-electron chi connectivity index (χ0n) is 11.4. The van der Waals surface area contributed by atoms with E-state index in [1.807, 2.05) is 13.8 Å². The van der Waals surface area contributed by atoms with Crippen LogP contribution in [0.1, 0.15) is 32.5 Å². The highest BCUT2D eigenvalue weighted by Gasteiger charge is 2.34. The molecule has 0 aliphatic rings. The van der Waals surface area contributed by atoms with E-state index in [4.69, 9.17) is 15.0 Å². The lowest BCUT2D eigenvalue weighted by Crippen LogP contribution is -2.28. The summed E-state index contributed by atoms with van der Waals surface area (Å²) in [5, 5.41) is 4.01. The molecule has 6 heteroatoms. The zero-order chi connectivity index (χ0) is 13.9. The Morgan fingerprint density at radius 3 is 2.68 bits per heavy atom. The summed E-state index contributed by atoms with van der Waals surface area (Å²) >= 11 is 0. The molecule has 0 atom stereocenters. The van der Waals surface area contributed by atoms with Crippen molar-refractivity contribution < 1.29 is 9.26 Å². The molecule has 19 heavy (non-hydrogen) atoms. The Hall–Kier alpha value is -1.95. The molecule has 2 heterocycles. The van der Waals surface area contributed by atoms with Crippen molar-refractivity contribution in [1.82, 2.24) is 15.1 Å². The molecule has 0 aliphatic heterocycles. The monoisotopic (exact) mass is 262 g/mol. The second kappa shape index (κ2) is 5.36. The summed E-state index contributed by atoms with van der Waals surface area (Å²) in [6, 6.07) is 3.50. The normalized spacial score (nSPS) is 11.7. The molecule has 0 bridgehead atoms. The van der Waals surface area contributed by atoms with Crippen molar-refractivity contribution in [3.63, 3.8) is 0 Å². The molecule has 6 nitrogen and oxygen atoms in total. The molecule has 2 N–H and O–H groups in total. The van der Waals surface area contributed by atoms with Crippen molar-refractivity contribution in [3.05, 3.63) is 24.2 Å². The fraction of sp³-hybridized carbons (Fsp3) is 0.462. The second-order valence-electron chi connectivity index (χ2n) is 4.27. The SMILES string of the molecule is CCC(CC)(OC)c1noc(-c2ncccc2N)n1. The van der Waals surface area contributed by atoms with Gasteiger partial charge in [-0.15, -0.1) is 0 Å². The third-order valence-electron chi connectivity index (χ3n) is 3.41. The molecule has 2 aromatic rings. The van der Waals surface area contributed by atoms with Gasteiger partial charge in [0.25, 0.3) is 5.89 Å². The van der Waals surface area contributed by atoms with Gasteiger partial charge in [0, 0.05) is 13.3 Å². The van der Waals surface area contributed by atoms with Crippen molar-refractivity contribution in [2.45, 2.75) is 32.3 Å². The highest BCUT2D eigenvalue weighted by atomic mass is 16.5. The summed E-state index contributed by atoms with van der Waals surface area (Å²) in [5.74, 6) is 0.844. The Labute approximate surface area is 112 Å². The average molecular weight is 262 g/mol. The van der Waals surface area contributed by atoms with Crippen LogP contribution >= 0.6 is 0 Å². The Balaban J connectivity index is 2.42. The second-order valence-corrected chi connectivity index (χ2v) is 4.27. The van der Waals surface area contributed by atoms with Crippen LogP contribution in [0.2, 0.25) is 0 Å². The van der Waals surface area contributed by atoms with E-state index in [1.165, 1.54) is 0 Å². The number of nitrogens with two attached hydrogens (primary N) is 1. The molecule has 102 valence electrons. The number of pyridine rings is 1. The summed E-state index contributed by atoms with van der Waals surface area (Å²) in [5.41, 5.74) is 6.33. The van der Waals surface area contributed by atoms with Crippen LogP contribution in [-0.4, -0.2) is 22.2 Å². The van der Waals surface area contributed by atoms with Crippen molar-refractivity contribution >= 4 is 5.69 Å². The molecule has 0 amide bonds. The Bertz CT molecular complexity index is 541. The number of hydrogen-bond acceptors (Lipinski definition) is 6. The van der Waals surface area contributed by atoms with Gasteiger partial charge in [0.1, 0.15) is 5.60 Å². The summed E-state index contributed by atoms with van der Waals surface area (Å²) in [4.78, 5) is 8.54. The first kappa shape index (κ1) is 13.5. The summed E-state index contributed by atoms with van der Waals surface area (Å²) in [6.45, 7) is 4.05. The van der Waals surface area contributed by atoms with Crippen LogP contribution < -0.4 is 5.73 Å². The number of nitrogens with zero attached hydrogens (tertiary/aromatic N) is 3. The third-order valence-corrected chi connectivity index (χ3v) is 3.41. The maximum absolute atomic E-state index is 5.85. The number of ether oxygens (including phenoxy) is 1. The van der Waals surface area contributed by atoms with E-state index in [0.29, 0.717) is 23.1 Å². The highest BCUT2D eigenvalue weighted by molar-refractivity contribution is 5.65. The fourth-order valence-electron chi connectivity index (χ4n) is 2.05. The molecule has 0 unspecified atom stereocenters. The molecule has 0 saturated heterocycles. The quantitative estimate of drug-likeness (QED) is 0.890. The van der Waals surface area contributed by atoms with Crippen LogP contribution in [0.3, 0.4) is 0 Å². The van der Waals surface area contributed by atoms with E-state index in [-0.39, 0.29) is 0 Å². The van der Waals surface area contributed by atoms with Gasteiger partial charge < -0.3 is 15.0 Å². The average Bonchev–Trinajstić information content (AvgIpc) is 2.92. The van der Waals surface area contributed by atoms with Crippen molar-refractivity contribution in [1.29, 1.82) is 0 Å². The largest absolute Gasteiger partial charge is 0.397 e. The summed E-state index contributed by atoms with van der Waals surface area (Å²) in [6.07, 6.45) is 3.16. The van der Waals surface area contributed by atoms with Gasteiger partial charge in [-0.2, -0.15) is 4.98 Å². The Kier molecular flexibility index (Phi) is 3.80. The van der Waals surface area contributed by atoms with E-state index in [2.05, 4.69) is 15.1 Å². The molecule has 0 radical (unpaired) electrons. The topological polar surface area (TPSA) is 87.1 Å². The zero-order valence-corrected chi connectivity index (χ0v) is 11.4. The number of hydrogen-bond donors (Lipinski definition) is 1. The highest BCUT2D eigenvalue weighted by Crippen LogP contribution is 2.32. The molecule has 0 spiro atoms. The maximum Gasteiger partial charge on any atom is 0.278 e. The van der Waals surface area contributed by atoms with Crippen LogP contribution in [0.15, 0.2) is 22.9 Å². The molecule has 0 fully saturated rings. The first-order chi connectivity index (χ1) is 9.16. The predicted octanol–water partition coefficient (Wildman–Crippen LogP) is 2.38. The van der Waals surface area contributed by atoms with Crippen molar-refractivity contribution in [2.24, 2.45) is 0 Å². The smallest absolute Gasteiger partial charge is 0.278 e. The van der Waals surface area contributed by atoms with E-state index in [1.54, 1.807) is 25.4 Å². The standard InChI is InChI=1S/C13H18N4O2/c1-4-13(5-2,18-3)12-16-11(19-17-12)10-9(14)7-6-8-15-10/h6-8H,4-5,14H2,1-3H3. The van der Waals surface area contributed by atoms with Crippen LogP contribution in [0.4, 0.5) is 5.69 Å². The van der Waals surface area contributed by atoms with Gasteiger partial charge in [-0.3, -0.25) is 0 Å². The van der Waals surface area contributed by atoms with Crippen molar-refractivity contribution in [2.75, 3.05) is 12.8 Å². The van der Waals surface area contributed by atoms with Crippen molar-refractivity contribution in [3.8, 4) is 11.6 Å². The Morgan fingerprint density at radius 1 is 1.37 bits per heavy atom. The molecule has 0 aromatic carbocycles. The van der Waals surface area contributed by atoms with E-state index in [0.717, 1.165) is 12.8 Å². The first-order valence-corrected chi connectivity index (χ1v) is 6.27. The molecule has 2 rings (SSSR count). The molecular formula is C13H18N4O2. The third kappa shape index (κ3) is 2.31. The minimum atomic E-state index is -0.523. The lowest BCUT2D eigenvalue weighted by atomic mass is 9.96. The number of nitrogen functional groups attached to an aromatic ring is 1. The van der Waals surface area contributed by atoms with Gasteiger partial charge in [0.15, 0.2) is 5.69 Å². The first-order valence-electron chi connectivity index (χ1n) is 6.27. The number of methoxy groups -OCH3 is 1. The fourth-order valence-corrected chi connectivity index (χ4v) is 2.05. The number of anilines is 1. The lowest BCUT2D eigenvalue weighted by Gasteiger charge is -2.25. The Morgan fingerprint density at radius 2 is 2.11 bits per heavy atom. The van der Waals surface area contributed by atoms with Gasteiger partial charge in [-0.05, 0) is 25.0 Å². The van der Waals surface area contributed by atoms with Crippen LogP contribution in [0.5, 0.6) is 0 Å². The minimum absolute atomic E-state index is 0.316. The van der Waals surface area contributed by atoms with E-state index < -0.39 is 5.60 Å². The van der Waals surface area contributed by atoms with Crippen LogP contribution in [0, 0.1) is 0 Å². The van der Waals surface area contributed by atoms with Gasteiger partial charge in [-0.25, -0.2) is 4.98 Å². The molecular weight excluding hydrogens is 244 g/mol. The van der Waals surface area contributed by atoms with Gasteiger partial charge >= 0.3 is 0 Å². The maximum atomic E-state index is 5.85. The van der Waals surface area contributed by atoms with Crippen LogP contribution in [-0.2, 0) is 10.3 Å². The van der Waals surface area contributed by atoms with E-state index >= 15 is 0 Å². The summed E-state index contributed by atoms with van der Waals surface area (Å²) in [7, 11) is 1.65. The molecule has 2 aromatic heterocycles. The number of aromatic nitrogens is 3. The van der Waals surface area contributed by atoms with Gasteiger partial charge in [0.2, 0.25) is 5.82 Å². The van der Waals surface area contributed by atoms with Gasteiger partial charge in [0.05, 0.1) is 5.69 Å². The summed E-state index contributed by atoms with van der Waals surface area (Å²) < 4.78 is 10.8.